The predicted molar refractivity (Wildman–Crippen MR) is 80.8 cm³/mol. The molecule has 0 radical (unpaired) electrons. The van der Waals surface area contributed by atoms with Crippen molar-refractivity contribution >= 4 is 11.6 Å². The van der Waals surface area contributed by atoms with Gasteiger partial charge in [0.25, 0.3) is 0 Å². The van der Waals surface area contributed by atoms with E-state index in [0.29, 0.717) is 6.54 Å². The number of rotatable bonds is 4. The minimum absolute atomic E-state index is 0.0229. The lowest BCUT2D eigenvalue weighted by Gasteiger charge is -2.42. The van der Waals surface area contributed by atoms with Crippen molar-refractivity contribution < 1.29 is 9.84 Å². The van der Waals surface area contributed by atoms with Crippen LogP contribution in [0.1, 0.15) is 25.5 Å². The van der Waals surface area contributed by atoms with Gasteiger partial charge in [0.2, 0.25) is 0 Å². The second-order valence-electron chi connectivity index (χ2n) is 5.53. The second-order valence-corrected chi connectivity index (χ2v) is 5.94. The highest BCUT2D eigenvalue weighted by Gasteiger charge is 2.33. The Balaban J connectivity index is 2.27. The van der Waals surface area contributed by atoms with Gasteiger partial charge in [-0.3, -0.25) is 4.90 Å². The van der Waals surface area contributed by atoms with Gasteiger partial charge in [0, 0.05) is 24.2 Å². The zero-order valence-electron chi connectivity index (χ0n) is 12.0. The Morgan fingerprint density at radius 1 is 1.45 bits per heavy atom. The predicted octanol–water partition coefficient (Wildman–Crippen LogP) is 1.81. The third-order valence-electron chi connectivity index (χ3n) is 3.67. The van der Waals surface area contributed by atoms with Crippen molar-refractivity contribution in [2.24, 2.45) is 5.73 Å². The van der Waals surface area contributed by atoms with Crippen molar-refractivity contribution in [1.82, 2.24) is 4.90 Å². The van der Waals surface area contributed by atoms with E-state index in [9.17, 15) is 5.11 Å². The summed E-state index contributed by atoms with van der Waals surface area (Å²) in [4.78, 5) is 2.26. The van der Waals surface area contributed by atoms with E-state index >= 15 is 0 Å². The summed E-state index contributed by atoms with van der Waals surface area (Å²) in [6.07, 6.45) is -0.0906. The lowest BCUT2D eigenvalue weighted by Crippen LogP contribution is -2.52. The molecule has 4 nitrogen and oxygen atoms in total. The summed E-state index contributed by atoms with van der Waals surface area (Å²) in [5, 5.41) is 10.1. The van der Waals surface area contributed by atoms with Crippen LogP contribution in [0.4, 0.5) is 0 Å². The van der Waals surface area contributed by atoms with Crippen LogP contribution in [-0.2, 0) is 4.74 Å². The highest BCUT2D eigenvalue weighted by molar-refractivity contribution is 6.31. The van der Waals surface area contributed by atoms with Crippen LogP contribution < -0.4 is 5.73 Å². The molecule has 1 aliphatic rings. The summed E-state index contributed by atoms with van der Waals surface area (Å²) < 4.78 is 5.70. The number of ether oxygens (including phenoxy) is 1. The molecule has 1 heterocycles. The first-order valence-electron chi connectivity index (χ1n) is 7.03. The minimum atomic E-state index is -0.164. The molecule has 1 fully saturated rings. The van der Waals surface area contributed by atoms with Crippen LogP contribution in [0.2, 0.25) is 5.02 Å². The summed E-state index contributed by atoms with van der Waals surface area (Å²) in [6, 6.07) is 7.78. The average molecular weight is 299 g/mol. The zero-order valence-corrected chi connectivity index (χ0v) is 12.8. The Kier molecular flexibility index (Phi) is 5.41. The number of hydrogen-bond donors (Lipinski definition) is 2. The summed E-state index contributed by atoms with van der Waals surface area (Å²) in [7, 11) is 0. The quantitative estimate of drug-likeness (QED) is 0.890. The molecule has 0 aliphatic carbocycles. The van der Waals surface area contributed by atoms with Gasteiger partial charge in [-0.15, -0.1) is 0 Å². The molecule has 2 rings (SSSR count). The smallest absolute Gasteiger partial charge is 0.0936 e. The van der Waals surface area contributed by atoms with Crippen LogP contribution in [0, 0.1) is 0 Å². The van der Waals surface area contributed by atoms with Gasteiger partial charge >= 0.3 is 0 Å². The molecule has 1 saturated heterocycles. The van der Waals surface area contributed by atoms with Gasteiger partial charge in [-0.1, -0.05) is 29.8 Å². The molecule has 1 aliphatic heterocycles. The number of aliphatic hydroxyl groups excluding tert-OH is 1. The molecule has 3 N–H and O–H groups in total. The van der Waals surface area contributed by atoms with Gasteiger partial charge in [-0.25, -0.2) is 0 Å². The Labute approximate surface area is 125 Å². The van der Waals surface area contributed by atoms with Gasteiger partial charge in [0.1, 0.15) is 0 Å². The van der Waals surface area contributed by atoms with Gasteiger partial charge < -0.3 is 15.6 Å². The third kappa shape index (κ3) is 3.51. The molecule has 112 valence electrons. The first-order valence-corrected chi connectivity index (χ1v) is 7.41. The zero-order chi connectivity index (χ0) is 14.7. The molecule has 1 aromatic rings. The van der Waals surface area contributed by atoms with E-state index in [-0.39, 0.29) is 30.9 Å². The SMILES string of the molecule is CC1CN(C(c2ccccc2Cl)C(C)N)CC(CO)O1. The van der Waals surface area contributed by atoms with E-state index in [1.54, 1.807) is 0 Å². The molecule has 0 bridgehead atoms. The molecule has 0 saturated carbocycles. The Morgan fingerprint density at radius 2 is 2.15 bits per heavy atom. The number of nitrogens with two attached hydrogens (primary N) is 1. The van der Waals surface area contributed by atoms with E-state index in [1.807, 2.05) is 38.1 Å². The highest BCUT2D eigenvalue weighted by Crippen LogP contribution is 2.31. The van der Waals surface area contributed by atoms with Crippen LogP contribution in [-0.4, -0.2) is 48.0 Å². The van der Waals surface area contributed by atoms with Crippen LogP contribution >= 0.6 is 11.6 Å². The summed E-state index contributed by atoms with van der Waals surface area (Å²) >= 11 is 6.33. The Bertz CT molecular complexity index is 442. The largest absolute Gasteiger partial charge is 0.394 e. The van der Waals surface area contributed by atoms with Gasteiger partial charge in [-0.2, -0.15) is 0 Å². The van der Waals surface area contributed by atoms with Crippen molar-refractivity contribution in [3.05, 3.63) is 34.9 Å². The molecule has 4 atom stereocenters. The normalized spacial score (nSPS) is 27.2. The van der Waals surface area contributed by atoms with Crippen LogP contribution in [0.15, 0.2) is 24.3 Å². The lowest BCUT2D eigenvalue weighted by molar-refractivity contribution is -0.107. The molecule has 0 amide bonds. The standard InChI is InChI=1S/C15H23ClN2O2/c1-10-7-18(8-12(9-19)20-10)15(11(2)17)13-5-3-4-6-14(13)16/h3-6,10-12,15,19H,7-9,17H2,1-2H3. The van der Waals surface area contributed by atoms with E-state index < -0.39 is 0 Å². The van der Waals surface area contributed by atoms with Crippen molar-refractivity contribution in [1.29, 1.82) is 0 Å². The monoisotopic (exact) mass is 298 g/mol. The second kappa shape index (κ2) is 6.87. The molecule has 5 heteroatoms. The molecular weight excluding hydrogens is 276 g/mol. The van der Waals surface area contributed by atoms with Crippen LogP contribution in [0.5, 0.6) is 0 Å². The summed E-state index contributed by atoms with van der Waals surface area (Å²) in [6.45, 7) is 5.48. The number of halogens is 1. The van der Waals surface area contributed by atoms with Gasteiger partial charge in [0.15, 0.2) is 0 Å². The lowest BCUT2D eigenvalue weighted by atomic mass is 9.97. The number of benzene rings is 1. The number of hydrogen-bond acceptors (Lipinski definition) is 4. The van der Waals surface area contributed by atoms with Crippen molar-refractivity contribution in [2.45, 2.75) is 38.1 Å². The number of nitrogens with zero attached hydrogens (tertiary/aromatic N) is 1. The first kappa shape index (κ1) is 15.7. The molecule has 0 spiro atoms. The van der Waals surface area contributed by atoms with Crippen LogP contribution in [0.25, 0.3) is 0 Å². The Morgan fingerprint density at radius 3 is 2.75 bits per heavy atom. The number of morpholine rings is 1. The fraction of sp³-hybridized carbons (Fsp3) is 0.600. The molecule has 20 heavy (non-hydrogen) atoms. The minimum Gasteiger partial charge on any atom is -0.394 e. The maximum absolute atomic E-state index is 9.36. The fourth-order valence-corrected chi connectivity index (χ4v) is 3.18. The van der Waals surface area contributed by atoms with Crippen LogP contribution in [0.3, 0.4) is 0 Å². The van der Waals surface area contributed by atoms with Crippen molar-refractivity contribution in [2.75, 3.05) is 19.7 Å². The number of aliphatic hydroxyl groups is 1. The molecule has 1 aromatic carbocycles. The topological polar surface area (TPSA) is 58.7 Å². The maximum atomic E-state index is 9.36. The van der Waals surface area contributed by atoms with E-state index in [4.69, 9.17) is 22.1 Å². The van der Waals surface area contributed by atoms with Crippen molar-refractivity contribution in [3.63, 3.8) is 0 Å². The highest BCUT2D eigenvalue weighted by atomic mass is 35.5. The molecule has 4 unspecified atom stereocenters. The average Bonchev–Trinajstić information content (AvgIpc) is 2.40. The fourth-order valence-electron chi connectivity index (χ4n) is 2.94. The van der Waals surface area contributed by atoms with E-state index in [0.717, 1.165) is 17.1 Å². The first-order chi connectivity index (χ1) is 9.52. The Hall–Kier alpha value is -0.650. The molecular formula is C15H23ClN2O2. The molecule has 0 aromatic heterocycles. The van der Waals surface area contributed by atoms with E-state index in [2.05, 4.69) is 4.90 Å². The van der Waals surface area contributed by atoms with Crippen molar-refractivity contribution in [3.8, 4) is 0 Å². The van der Waals surface area contributed by atoms with Gasteiger partial charge in [0.05, 0.1) is 24.9 Å². The van der Waals surface area contributed by atoms with Gasteiger partial charge in [-0.05, 0) is 25.5 Å². The maximum Gasteiger partial charge on any atom is 0.0936 e. The third-order valence-corrected chi connectivity index (χ3v) is 4.02. The summed E-state index contributed by atoms with van der Waals surface area (Å²) in [5.74, 6) is 0. The van der Waals surface area contributed by atoms with E-state index in [1.165, 1.54) is 0 Å². The summed E-state index contributed by atoms with van der Waals surface area (Å²) in [5.41, 5.74) is 7.23.